The molecule has 0 spiro atoms. The van der Waals surface area contributed by atoms with E-state index in [9.17, 15) is 0 Å². The number of aryl methyl sites for hydroxylation is 1. The molecule has 0 fully saturated rings. The third-order valence-electron chi connectivity index (χ3n) is 1.06. The first-order valence-electron chi connectivity index (χ1n) is 3.09. The van der Waals surface area contributed by atoms with Crippen LogP contribution in [0.2, 0.25) is 0 Å². The van der Waals surface area contributed by atoms with Crippen molar-refractivity contribution in [3.8, 4) is 0 Å². The van der Waals surface area contributed by atoms with Gasteiger partial charge in [0.15, 0.2) is 0 Å². The van der Waals surface area contributed by atoms with Crippen molar-refractivity contribution in [2.75, 3.05) is 0 Å². The summed E-state index contributed by atoms with van der Waals surface area (Å²) in [6, 6.07) is 0. The van der Waals surface area contributed by atoms with Gasteiger partial charge in [-0.2, -0.15) is 15.0 Å². The Hall–Kier alpha value is -1.14. The summed E-state index contributed by atoms with van der Waals surface area (Å²) in [5.74, 6) is 1.21. The summed E-state index contributed by atoms with van der Waals surface area (Å²) in [6.45, 7) is 0. The maximum Gasteiger partial charge on any atom is 0.480 e. The first-order chi connectivity index (χ1) is 5.18. The monoisotopic (exact) mass is 153 g/mol. The van der Waals surface area contributed by atoms with Crippen LogP contribution in [0.3, 0.4) is 0 Å². The van der Waals surface area contributed by atoms with Gasteiger partial charge >= 0.3 is 7.12 Å². The van der Waals surface area contributed by atoms with E-state index in [1.165, 1.54) is 23.0 Å². The molecule has 5 nitrogen and oxygen atoms in total. The van der Waals surface area contributed by atoms with E-state index in [0.717, 1.165) is 0 Å². The predicted octanol–water partition coefficient (Wildman–Crippen LogP) is -1.16. The third-order valence-corrected chi connectivity index (χ3v) is 1.06. The summed E-state index contributed by atoms with van der Waals surface area (Å²) < 4.78 is 0. The van der Waals surface area contributed by atoms with Gasteiger partial charge in [-0.05, 0) is 6.08 Å². The molecule has 0 radical (unpaired) electrons. The van der Waals surface area contributed by atoms with Crippen molar-refractivity contribution in [2.24, 2.45) is 7.05 Å². The second-order valence-electron chi connectivity index (χ2n) is 2.03. The quantitative estimate of drug-likeness (QED) is 0.525. The maximum atomic E-state index is 8.43. The van der Waals surface area contributed by atoms with Crippen LogP contribution < -0.4 is 0 Å². The minimum absolute atomic E-state index is 0.598. The summed E-state index contributed by atoms with van der Waals surface area (Å²) >= 11 is 0. The molecule has 1 aromatic heterocycles. The number of hydrogen-bond donors (Lipinski definition) is 2. The second-order valence-corrected chi connectivity index (χ2v) is 2.03. The lowest BCUT2D eigenvalue weighted by Gasteiger charge is -1.83. The van der Waals surface area contributed by atoms with E-state index in [0.29, 0.717) is 5.69 Å². The van der Waals surface area contributed by atoms with Crippen LogP contribution in [0.5, 0.6) is 0 Å². The Morgan fingerprint density at radius 3 is 2.82 bits per heavy atom. The van der Waals surface area contributed by atoms with Gasteiger partial charge in [-0.3, -0.25) is 0 Å². The standard InChI is InChI=1S/C5H8BN3O2/c1-9-7-4-5(8-9)2-3-6(10)11/h2-4,10-11H,1H3/b3-2+. The molecule has 0 aliphatic carbocycles. The number of hydrogen-bond acceptors (Lipinski definition) is 4. The van der Waals surface area contributed by atoms with Crippen molar-refractivity contribution in [3.63, 3.8) is 0 Å². The summed E-state index contributed by atoms with van der Waals surface area (Å²) in [4.78, 5) is 1.39. The van der Waals surface area contributed by atoms with Crippen molar-refractivity contribution in [1.82, 2.24) is 15.0 Å². The SMILES string of the molecule is Cn1ncc(/C=C/B(O)O)n1. The normalized spacial score (nSPS) is 10.8. The van der Waals surface area contributed by atoms with Gasteiger partial charge < -0.3 is 10.0 Å². The van der Waals surface area contributed by atoms with Crippen molar-refractivity contribution in [3.05, 3.63) is 17.9 Å². The van der Waals surface area contributed by atoms with Crippen LogP contribution in [0.4, 0.5) is 0 Å². The fourth-order valence-electron chi connectivity index (χ4n) is 0.622. The van der Waals surface area contributed by atoms with Crippen molar-refractivity contribution in [1.29, 1.82) is 0 Å². The van der Waals surface area contributed by atoms with Gasteiger partial charge in [-0.15, -0.1) is 0 Å². The van der Waals surface area contributed by atoms with Gasteiger partial charge in [0.1, 0.15) is 5.69 Å². The van der Waals surface area contributed by atoms with Crippen LogP contribution >= 0.6 is 0 Å². The molecule has 1 rings (SSSR count). The van der Waals surface area contributed by atoms with Crippen LogP contribution in [0, 0.1) is 0 Å². The molecule has 1 aromatic rings. The Morgan fingerprint density at radius 1 is 1.64 bits per heavy atom. The summed E-state index contributed by atoms with van der Waals surface area (Å²) in [5.41, 5.74) is 0.598. The fourth-order valence-corrected chi connectivity index (χ4v) is 0.622. The average molecular weight is 153 g/mol. The summed E-state index contributed by atoms with van der Waals surface area (Å²) in [6.07, 6.45) is 3.01. The molecule has 0 atom stereocenters. The molecule has 0 aliphatic heterocycles. The maximum absolute atomic E-state index is 8.43. The fraction of sp³-hybridized carbons (Fsp3) is 0.200. The smallest absolute Gasteiger partial charge is 0.424 e. The first kappa shape index (κ1) is 7.97. The van der Waals surface area contributed by atoms with Crippen molar-refractivity contribution < 1.29 is 10.0 Å². The predicted molar refractivity (Wildman–Crippen MR) is 40.2 cm³/mol. The highest BCUT2D eigenvalue weighted by Gasteiger charge is 1.99. The van der Waals surface area contributed by atoms with E-state index in [1.807, 2.05) is 0 Å². The average Bonchev–Trinajstić information content (AvgIpc) is 2.31. The zero-order chi connectivity index (χ0) is 8.27. The highest BCUT2D eigenvalue weighted by atomic mass is 16.4. The number of nitrogens with zero attached hydrogens (tertiary/aromatic N) is 3. The van der Waals surface area contributed by atoms with E-state index in [2.05, 4.69) is 10.2 Å². The van der Waals surface area contributed by atoms with Gasteiger partial charge in [-0.25, -0.2) is 0 Å². The minimum Gasteiger partial charge on any atom is -0.424 e. The lowest BCUT2D eigenvalue weighted by molar-refractivity contribution is 0.424. The van der Waals surface area contributed by atoms with Crippen LogP contribution in [-0.4, -0.2) is 32.2 Å². The molecule has 11 heavy (non-hydrogen) atoms. The molecule has 2 N–H and O–H groups in total. The Morgan fingerprint density at radius 2 is 2.36 bits per heavy atom. The highest BCUT2D eigenvalue weighted by molar-refractivity contribution is 6.48. The zero-order valence-electron chi connectivity index (χ0n) is 6.05. The zero-order valence-corrected chi connectivity index (χ0v) is 6.05. The Labute approximate surface area is 64.1 Å². The second kappa shape index (κ2) is 3.31. The van der Waals surface area contributed by atoms with Crippen molar-refractivity contribution >= 4 is 13.2 Å². The number of aromatic nitrogens is 3. The molecule has 0 aliphatic rings. The number of rotatable bonds is 2. The molecular formula is C5H8BN3O2. The molecule has 0 aromatic carbocycles. The summed E-state index contributed by atoms with van der Waals surface area (Å²) in [5, 5.41) is 24.5. The van der Waals surface area contributed by atoms with Crippen LogP contribution in [-0.2, 0) is 7.05 Å². The largest absolute Gasteiger partial charge is 0.480 e. The molecule has 0 bridgehead atoms. The van der Waals surface area contributed by atoms with E-state index in [-0.39, 0.29) is 0 Å². The first-order valence-corrected chi connectivity index (χ1v) is 3.09. The molecular weight excluding hydrogens is 145 g/mol. The minimum atomic E-state index is -1.43. The van der Waals surface area contributed by atoms with Crippen LogP contribution in [0.1, 0.15) is 5.69 Å². The molecule has 0 amide bonds. The Balaban J connectivity index is 2.64. The Bertz CT molecular complexity index is 258. The topological polar surface area (TPSA) is 71.2 Å². The van der Waals surface area contributed by atoms with E-state index >= 15 is 0 Å². The van der Waals surface area contributed by atoms with Crippen LogP contribution in [0.25, 0.3) is 6.08 Å². The highest BCUT2D eigenvalue weighted by Crippen LogP contribution is 1.93. The van der Waals surface area contributed by atoms with Crippen LogP contribution in [0.15, 0.2) is 12.2 Å². The molecule has 0 saturated heterocycles. The molecule has 1 heterocycles. The van der Waals surface area contributed by atoms with E-state index < -0.39 is 7.12 Å². The molecule has 0 unspecified atom stereocenters. The van der Waals surface area contributed by atoms with Gasteiger partial charge in [0.05, 0.1) is 6.20 Å². The van der Waals surface area contributed by atoms with Gasteiger partial charge in [0.2, 0.25) is 0 Å². The molecule has 0 saturated carbocycles. The molecule has 6 heteroatoms. The lowest BCUT2D eigenvalue weighted by Crippen LogP contribution is -2.05. The summed E-state index contributed by atoms with van der Waals surface area (Å²) in [7, 11) is 0.254. The molecule has 58 valence electrons. The Kier molecular flexibility index (Phi) is 2.40. The lowest BCUT2D eigenvalue weighted by atomic mass is 9.91. The van der Waals surface area contributed by atoms with Gasteiger partial charge in [0.25, 0.3) is 0 Å². The van der Waals surface area contributed by atoms with E-state index in [4.69, 9.17) is 10.0 Å². The van der Waals surface area contributed by atoms with Gasteiger partial charge in [-0.1, -0.05) is 5.98 Å². The third kappa shape index (κ3) is 2.52. The van der Waals surface area contributed by atoms with Gasteiger partial charge in [0, 0.05) is 7.05 Å². The van der Waals surface area contributed by atoms with E-state index in [1.54, 1.807) is 7.05 Å². The van der Waals surface area contributed by atoms with Crippen molar-refractivity contribution in [2.45, 2.75) is 0 Å².